The van der Waals surface area contributed by atoms with Gasteiger partial charge >= 0.3 is 0 Å². The van der Waals surface area contributed by atoms with Crippen LogP contribution in [-0.2, 0) is 18.4 Å². The molecule has 4 N–H and O–H groups in total. The number of halogens is 1. The molecule has 0 bridgehead atoms. The predicted octanol–water partition coefficient (Wildman–Crippen LogP) is 1.62. The van der Waals surface area contributed by atoms with Crippen molar-refractivity contribution in [2.45, 2.75) is 26.0 Å². The number of benzene rings is 1. The maximum Gasteiger partial charge on any atom is 0.231 e. The molecule has 1 aliphatic heterocycles. The molecule has 1 fully saturated rings. The number of hydrogen-bond donors (Lipinski definition) is 3. The molecule has 0 spiro atoms. The lowest BCUT2D eigenvalue weighted by molar-refractivity contribution is -0.120. The average Bonchev–Trinajstić information content (AvgIpc) is 3.29. The quantitative estimate of drug-likeness (QED) is 0.387. The van der Waals surface area contributed by atoms with Gasteiger partial charge in [-0.05, 0) is 31.0 Å². The van der Waals surface area contributed by atoms with Crippen LogP contribution >= 0.6 is 0 Å². The normalized spacial score (nSPS) is 18.2. The highest BCUT2D eigenvalue weighted by Gasteiger charge is 2.28. The van der Waals surface area contributed by atoms with Crippen LogP contribution in [0, 0.1) is 11.7 Å². The van der Waals surface area contributed by atoms with Gasteiger partial charge in [0.15, 0.2) is 11.6 Å². The molecule has 1 saturated heterocycles. The Morgan fingerprint density at radius 3 is 2.69 bits per heavy atom. The minimum atomic E-state index is -0.642. The van der Waals surface area contributed by atoms with E-state index in [4.69, 9.17) is 5.73 Å². The van der Waals surface area contributed by atoms with Gasteiger partial charge in [0.1, 0.15) is 6.33 Å². The van der Waals surface area contributed by atoms with Crippen molar-refractivity contribution in [1.29, 1.82) is 0 Å². The first-order valence-electron chi connectivity index (χ1n) is 12.1. The van der Waals surface area contributed by atoms with Crippen LogP contribution in [0.15, 0.2) is 43.0 Å². The summed E-state index contributed by atoms with van der Waals surface area (Å²) in [5, 5.41) is 17.7. The minimum Gasteiger partial charge on any atom is -0.391 e. The Morgan fingerprint density at radius 1 is 1.28 bits per heavy atom. The zero-order valence-corrected chi connectivity index (χ0v) is 20.6. The van der Waals surface area contributed by atoms with Crippen LogP contribution in [0.3, 0.4) is 0 Å². The second kappa shape index (κ2) is 11.4. The summed E-state index contributed by atoms with van der Waals surface area (Å²) in [4.78, 5) is 23.1. The van der Waals surface area contributed by atoms with Crippen molar-refractivity contribution in [2.24, 2.45) is 18.7 Å². The molecule has 3 aromatic rings. The molecule has 3 heterocycles. The van der Waals surface area contributed by atoms with Crippen LogP contribution < -0.4 is 16.0 Å². The third kappa shape index (κ3) is 6.16. The second-order valence-corrected chi connectivity index (χ2v) is 9.17. The van der Waals surface area contributed by atoms with E-state index in [-0.39, 0.29) is 24.1 Å². The number of aromatic nitrogens is 4. The fraction of sp³-hybridized carbons (Fsp3) is 0.440. The van der Waals surface area contributed by atoms with Crippen molar-refractivity contribution in [3.8, 4) is 11.1 Å². The van der Waals surface area contributed by atoms with Crippen LogP contribution in [0.2, 0.25) is 0 Å². The van der Waals surface area contributed by atoms with Gasteiger partial charge in [0.05, 0.1) is 18.8 Å². The van der Waals surface area contributed by atoms with Crippen molar-refractivity contribution in [3.05, 3.63) is 54.4 Å². The first-order valence-corrected chi connectivity index (χ1v) is 12.1. The summed E-state index contributed by atoms with van der Waals surface area (Å²) < 4.78 is 17.2. The van der Waals surface area contributed by atoms with Crippen molar-refractivity contribution in [1.82, 2.24) is 24.6 Å². The number of likely N-dealkylation sites (tertiary alicyclic amines) is 1. The maximum atomic E-state index is 15.4. The highest BCUT2D eigenvalue weighted by molar-refractivity contribution is 5.75. The van der Waals surface area contributed by atoms with Crippen LogP contribution in [-0.4, -0.2) is 74.5 Å². The number of carbonyl (C=O) groups excluding carboxylic acids is 1. The number of piperidine rings is 1. The zero-order chi connectivity index (χ0) is 25.7. The summed E-state index contributed by atoms with van der Waals surface area (Å²) in [6.07, 6.45) is 5.15. The van der Waals surface area contributed by atoms with E-state index in [1.807, 2.05) is 60.4 Å². The van der Waals surface area contributed by atoms with Crippen LogP contribution in [0.1, 0.15) is 18.9 Å². The molecule has 1 aliphatic rings. The summed E-state index contributed by atoms with van der Waals surface area (Å²) in [7, 11) is 1.88. The zero-order valence-electron chi connectivity index (χ0n) is 20.6. The Labute approximate surface area is 209 Å². The lowest BCUT2D eigenvalue weighted by Crippen LogP contribution is -2.48. The largest absolute Gasteiger partial charge is 0.391 e. The van der Waals surface area contributed by atoms with E-state index in [9.17, 15) is 9.90 Å². The number of aryl methyl sites for hydroxylation is 1. The monoisotopic (exact) mass is 496 g/mol. The van der Waals surface area contributed by atoms with E-state index in [1.54, 1.807) is 4.68 Å². The number of rotatable bonds is 10. The van der Waals surface area contributed by atoms with Gasteiger partial charge in [-0.25, -0.2) is 9.97 Å². The molecule has 10 nitrogen and oxygen atoms in total. The van der Waals surface area contributed by atoms with E-state index >= 15 is 4.39 Å². The number of anilines is 2. The Morgan fingerprint density at radius 2 is 2.06 bits per heavy atom. The molecule has 1 amide bonds. The van der Waals surface area contributed by atoms with E-state index in [0.29, 0.717) is 39.1 Å². The Kier molecular flexibility index (Phi) is 8.11. The van der Waals surface area contributed by atoms with Gasteiger partial charge in [0.2, 0.25) is 11.7 Å². The number of aliphatic hydroxyl groups excluding tert-OH is 1. The van der Waals surface area contributed by atoms with E-state index in [1.165, 1.54) is 6.33 Å². The molecular formula is C25H33FN8O2. The molecular weight excluding hydrogens is 463 g/mol. The minimum absolute atomic E-state index is 0.0902. The Balaban J connectivity index is 1.39. The number of nitrogens with one attached hydrogen (secondary N) is 1. The molecule has 1 aromatic carbocycles. The lowest BCUT2D eigenvalue weighted by atomic mass is 9.93. The predicted molar refractivity (Wildman–Crippen MR) is 136 cm³/mol. The number of primary amides is 1. The van der Waals surface area contributed by atoms with Gasteiger partial charge in [-0.1, -0.05) is 24.3 Å². The van der Waals surface area contributed by atoms with Gasteiger partial charge in [-0.3, -0.25) is 14.4 Å². The van der Waals surface area contributed by atoms with E-state index in [2.05, 4.69) is 20.4 Å². The van der Waals surface area contributed by atoms with Gasteiger partial charge in [-0.15, -0.1) is 0 Å². The number of β-amino-alcohol motifs (C(OH)–C–C–N with tert-alkyl or cyclic N) is 1. The molecule has 0 radical (unpaired) electrons. The highest BCUT2D eigenvalue weighted by atomic mass is 19.1. The molecule has 0 unspecified atom stereocenters. The van der Waals surface area contributed by atoms with Gasteiger partial charge < -0.3 is 21.1 Å². The molecule has 36 heavy (non-hydrogen) atoms. The smallest absolute Gasteiger partial charge is 0.231 e. The topological polar surface area (TPSA) is 125 Å². The van der Waals surface area contributed by atoms with E-state index < -0.39 is 17.8 Å². The van der Waals surface area contributed by atoms with Crippen LogP contribution in [0.5, 0.6) is 0 Å². The molecule has 0 saturated carbocycles. The van der Waals surface area contributed by atoms with Gasteiger partial charge in [0, 0.05) is 50.9 Å². The SMILES string of the molecule is CCN(Cc1ccc(-c2cnn(C)c2)cc1)c1ncnc(NC[C@@H]2CCN(CC(N)=O)C[C@H]2O)c1F. The maximum absolute atomic E-state index is 15.4. The number of nitrogens with two attached hydrogens (primary N) is 1. The lowest BCUT2D eigenvalue weighted by Gasteiger charge is -2.35. The third-order valence-electron chi connectivity index (χ3n) is 6.53. The number of amides is 1. The summed E-state index contributed by atoms with van der Waals surface area (Å²) in [6.45, 7) is 4.50. The molecule has 192 valence electrons. The van der Waals surface area contributed by atoms with Crippen molar-refractivity contribution < 1.29 is 14.3 Å². The summed E-state index contributed by atoms with van der Waals surface area (Å²) in [5.41, 5.74) is 8.38. The summed E-state index contributed by atoms with van der Waals surface area (Å²) in [5.74, 6) is -0.695. The third-order valence-corrected chi connectivity index (χ3v) is 6.53. The number of aliphatic hydroxyl groups is 1. The van der Waals surface area contributed by atoms with Gasteiger partial charge in [-0.2, -0.15) is 9.49 Å². The van der Waals surface area contributed by atoms with Crippen molar-refractivity contribution in [3.63, 3.8) is 0 Å². The number of nitrogens with zero attached hydrogens (tertiary/aromatic N) is 6. The molecule has 11 heteroatoms. The number of hydrogen-bond acceptors (Lipinski definition) is 8. The molecule has 2 aromatic heterocycles. The Hall–Kier alpha value is -3.57. The standard InChI is InChI=1S/C25H33FN8O2/c1-3-34(12-17-4-6-18(7-5-17)20-11-31-32(2)13-20)25-23(26)24(29-16-30-25)28-10-19-8-9-33(14-21(19)35)15-22(27)36/h4-7,11,13,16,19,21,35H,3,8-10,12,14-15H2,1-2H3,(H2,27,36)(H,28,29,30)/t19-,21+/m0/s1. The van der Waals surface area contributed by atoms with Crippen molar-refractivity contribution >= 4 is 17.5 Å². The highest BCUT2D eigenvalue weighted by Crippen LogP contribution is 2.25. The first kappa shape index (κ1) is 25.5. The van der Waals surface area contributed by atoms with E-state index in [0.717, 1.165) is 16.7 Å². The van der Waals surface area contributed by atoms with Crippen LogP contribution in [0.25, 0.3) is 11.1 Å². The summed E-state index contributed by atoms with van der Waals surface area (Å²) >= 11 is 0. The Bertz CT molecular complexity index is 1170. The first-order chi connectivity index (χ1) is 17.3. The second-order valence-electron chi connectivity index (χ2n) is 9.17. The molecule has 0 aliphatic carbocycles. The fourth-order valence-electron chi connectivity index (χ4n) is 4.51. The number of carbonyl (C=O) groups is 1. The summed E-state index contributed by atoms with van der Waals surface area (Å²) in [6, 6.07) is 8.11. The van der Waals surface area contributed by atoms with Crippen LogP contribution in [0.4, 0.5) is 16.0 Å². The fourth-order valence-corrected chi connectivity index (χ4v) is 4.51. The van der Waals surface area contributed by atoms with Crippen molar-refractivity contribution in [2.75, 3.05) is 42.9 Å². The molecule has 2 atom stereocenters. The molecule has 4 rings (SSSR count). The average molecular weight is 497 g/mol. The van der Waals surface area contributed by atoms with Gasteiger partial charge in [0.25, 0.3) is 0 Å².